The highest BCUT2D eigenvalue weighted by Gasteiger charge is 2.42. The molecule has 2 aromatic rings. The van der Waals surface area contributed by atoms with E-state index in [0.29, 0.717) is 43.3 Å². The van der Waals surface area contributed by atoms with Crippen molar-refractivity contribution in [2.75, 3.05) is 31.6 Å². The van der Waals surface area contributed by atoms with Crippen molar-refractivity contribution < 1.29 is 18.7 Å². The molecule has 1 aromatic carbocycles. The van der Waals surface area contributed by atoms with Crippen LogP contribution in [0.4, 0.5) is 15.9 Å². The second-order valence-electron chi connectivity index (χ2n) is 9.26. The van der Waals surface area contributed by atoms with Crippen molar-refractivity contribution in [3.05, 3.63) is 51.9 Å². The van der Waals surface area contributed by atoms with Crippen molar-refractivity contribution in [3.8, 4) is 0 Å². The molecular formula is C24H24ClFN6O3. The number of fused-ring (bicyclic) bond motifs is 2. The molecule has 35 heavy (non-hydrogen) atoms. The van der Waals surface area contributed by atoms with Crippen LogP contribution in [0.2, 0.25) is 5.02 Å². The first-order valence-electron chi connectivity index (χ1n) is 11.7. The van der Waals surface area contributed by atoms with Gasteiger partial charge in [0.15, 0.2) is 5.96 Å². The molecule has 3 N–H and O–H groups in total. The summed E-state index contributed by atoms with van der Waals surface area (Å²) in [5.41, 5.74) is 1.42. The van der Waals surface area contributed by atoms with Crippen LogP contribution in [0.15, 0.2) is 29.4 Å². The third-order valence-electron chi connectivity index (χ3n) is 6.83. The highest BCUT2D eigenvalue weighted by molar-refractivity contribution is 6.36. The van der Waals surface area contributed by atoms with Crippen LogP contribution < -0.4 is 16.0 Å². The van der Waals surface area contributed by atoms with Crippen LogP contribution in [-0.4, -0.2) is 66.0 Å². The van der Waals surface area contributed by atoms with Gasteiger partial charge < -0.3 is 20.3 Å². The smallest absolute Gasteiger partial charge is 0.258 e. The van der Waals surface area contributed by atoms with Crippen LogP contribution >= 0.6 is 11.6 Å². The lowest BCUT2D eigenvalue weighted by molar-refractivity contribution is 0.0259. The Hall–Kier alpha value is -3.24. The van der Waals surface area contributed by atoms with Crippen LogP contribution in [0.25, 0.3) is 0 Å². The Morgan fingerprint density at radius 2 is 2.14 bits per heavy atom. The molecular weight excluding hydrogens is 475 g/mol. The van der Waals surface area contributed by atoms with E-state index >= 15 is 4.39 Å². The van der Waals surface area contributed by atoms with Gasteiger partial charge in [-0.25, -0.2) is 9.37 Å². The Bertz CT molecular complexity index is 1250. The van der Waals surface area contributed by atoms with Gasteiger partial charge in [0.05, 0.1) is 41.6 Å². The summed E-state index contributed by atoms with van der Waals surface area (Å²) in [6.07, 6.45) is 4.18. The van der Waals surface area contributed by atoms with Crippen molar-refractivity contribution in [1.82, 2.24) is 20.5 Å². The van der Waals surface area contributed by atoms with E-state index in [4.69, 9.17) is 16.3 Å². The number of benzene rings is 1. The Kier molecular flexibility index (Phi) is 5.57. The average molecular weight is 499 g/mol. The number of guanidine groups is 1. The molecule has 1 saturated carbocycles. The minimum absolute atomic E-state index is 0.0520. The lowest BCUT2D eigenvalue weighted by atomic mass is 10.0. The third kappa shape index (κ3) is 4.21. The zero-order valence-corrected chi connectivity index (χ0v) is 19.6. The maximum atomic E-state index is 15.3. The molecule has 9 nitrogen and oxygen atoms in total. The summed E-state index contributed by atoms with van der Waals surface area (Å²) in [4.78, 5) is 36.0. The minimum Gasteiger partial charge on any atom is -0.374 e. The number of anilines is 2. The number of ether oxygens (including phenoxy) is 1. The van der Waals surface area contributed by atoms with E-state index in [1.165, 1.54) is 12.3 Å². The predicted molar refractivity (Wildman–Crippen MR) is 128 cm³/mol. The SMILES string of the molecule is O=C(NC1=NCCN1)c1cc(F)c(Nc2nccc(C(=O)N3C[C@@H]4C[C@H]3CO4)c2Cl)c(C2CC2)c1. The molecule has 1 aliphatic carbocycles. The van der Waals surface area contributed by atoms with Gasteiger partial charge in [-0.3, -0.25) is 19.9 Å². The van der Waals surface area contributed by atoms with Crippen LogP contribution in [-0.2, 0) is 4.74 Å². The number of likely N-dealkylation sites (tertiary alicyclic amines) is 1. The molecule has 0 unspecified atom stereocenters. The molecule has 6 rings (SSSR count). The van der Waals surface area contributed by atoms with E-state index in [1.807, 2.05) is 0 Å². The summed E-state index contributed by atoms with van der Waals surface area (Å²) in [7, 11) is 0. The zero-order chi connectivity index (χ0) is 24.1. The lowest BCUT2D eigenvalue weighted by Crippen LogP contribution is -2.41. The minimum atomic E-state index is -0.593. The number of carbonyl (C=O) groups excluding carboxylic acids is 2. The van der Waals surface area contributed by atoms with Crippen molar-refractivity contribution in [2.24, 2.45) is 4.99 Å². The average Bonchev–Trinajstić information content (AvgIpc) is 3.20. The largest absolute Gasteiger partial charge is 0.374 e. The Morgan fingerprint density at radius 3 is 2.83 bits per heavy atom. The Labute approximate surface area is 206 Å². The summed E-state index contributed by atoms with van der Waals surface area (Å²) in [5, 5.41) is 8.78. The quantitative estimate of drug-likeness (QED) is 0.585. The number of aliphatic imine (C=N–C) groups is 1. The van der Waals surface area contributed by atoms with Gasteiger partial charge >= 0.3 is 0 Å². The fraction of sp³-hybridized carbons (Fsp3) is 0.417. The summed E-state index contributed by atoms with van der Waals surface area (Å²) in [5.74, 6) is -0.496. The molecule has 11 heteroatoms. The van der Waals surface area contributed by atoms with Crippen molar-refractivity contribution in [2.45, 2.75) is 37.3 Å². The Morgan fingerprint density at radius 1 is 1.29 bits per heavy atom. The van der Waals surface area contributed by atoms with E-state index in [1.54, 1.807) is 17.0 Å². The van der Waals surface area contributed by atoms with Crippen LogP contribution in [0.3, 0.4) is 0 Å². The number of hydrogen-bond acceptors (Lipinski definition) is 7. The third-order valence-corrected chi connectivity index (χ3v) is 7.21. The second-order valence-corrected chi connectivity index (χ2v) is 9.63. The topological polar surface area (TPSA) is 108 Å². The molecule has 0 spiro atoms. The molecule has 1 aromatic heterocycles. The van der Waals surface area contributed by atoms with E-state index in [0.717, 1.165) is 19.3 Å². The van der Waals surface area contributed by atoms with Crippen molar-refractivity contribution in [3.63, 3.8) is 0 Å². The lowest BCUT2D eigenvalue weighted by Gasteiger charge is -2.27. The van der Waals surface area contributed by atoms with Crippen LogP contribution in [0.1, 0.15) is 51.5 Å². The van der Waals surface area contributed by atoms with E-state index in [9.17, 15) is 9.59 Å². The number of aromatic nitrogens is 1. The number of nitrogens with zero attached hydrogens (tertiary/aromatic N) is 3. The fourth-order valence-corrected chi connectivity index (χ4v) is 5.13. The molecule has 2 atom stereocenters. The first-order chi connectivity index (χ1) is 17.0. The monoisotopic (exact) mass is 498 g/mol. The van der Waals surface area contributed by atoms with Crippen LogP contribution in [0, 0.1) is 5.82 Å². The molecule has 2 amide bonds. The summed E-state index contributed by atoms with van der Waals surface area (Å²) in [6.45, 7) is 2.31. The van der Waals surface area contributed by atoms with E-state index < -0.39 is 11.7 Å². The molecule has 2 saturated heterocycles. The van der Waals surface area contributed by atoms with E-state index in [2.05, 4.69) is 25.9 Å². The summed E-state index contributed by atoms with van der Waals surface area (Å²) >= 11 is 6.60. The standard InChI is InChI=1S/C24H24ClFN6O3/c25-19-16(23(34)32-10-15-9-14(32)11-35-15)3-4-27-21(19)30-20-17(12-1-2-12)7-13(8-18(20)26)22(33)31-24-28-5-6-29-24/h3-4,7-8,12,14-15H,1-2,5-6,9-11H2,(H,27,30)(H2,28,29,31,33)/t14-,15-/m0/s1. The van der Waals surface area contributed by atoms with Crippen molar-refractivity contribution >= 4 is 40.9 Å². The molecule has 182 valence electrons. The Balaban J connectivity index is 1.27. The molecule has 3 fully saturated rings. The van der Waals surface area contributed by atoms with Gasteiger partial charge in [-0.1, -0.05) is 11.6 Å². The highest BCUT2D eigenvalue weighted by atomic mass is 35.5. The number of carbonyl (C=O) groups is 2. The number of hydrogen-bond donors (Lipinski definition) is 3. The molecule has 3 aliphatic heterocycles. The number of rotatable bonds is 5. The highest BCUT2D eigenvalue weighted by Crippen LogP contribution is 2.46. The maximum absolute atomic E-state index is 15.3. The molecule has 4 aliphatic rings. The first-order valence-corrected chi connectivity index (χ1v) is 12.1. The first kappa shape index (κ1) is 22.2. The van der Waals surface area contributed by atoms with Crippen molar-refractivity contribution in [1.29, 1.82) is 0 Å². The van der Waals surface area contributed by atoms with Gasteiger partial charge in [0.25, 0.3) is 11.8 Å². The summed E-state index contributed by atoms with van der Waals surface area (Å²) < 4.78 is 20.9. The number of nitrogens with one attached hydrogen (secondary N) is 3. The molecule has 0 radical (unpaired) electrons. The van der Waals surface area contributed by atoms with Gasteiger partial charge in [-0.15, -0.1) is 0 Å². The number of amides is 2. The number of halogens is 2. The number of pyridine rings is 1. The second kappa shape index (κ2) is 8.76. The fourth-order valence-electron chi connectivity index (χ4n) is 4.89. The molecule has 4 heterocycles. The van der Waals surface area contributed by atoms with Gasteiger partial charge in [0.1, 0.15) is 11.6 Å². The summed E-state index contributed by atoms with van der Waals surface area (Å²) in [6, 6.07) is 4.51. The van der Waals surface area contributed by atoms with Gasteiger partial charge in [0.2, 0.25) is 0 Å². The normalized spacial score (nSPS) is 22.7. The number of morpholine rings is 1. The van der Waals surface area contributed by atoms with Crippen LogP contribution in [0.5, 0.6) is 0 Å². The predicted octanol–water partition coefficient (Wildman–Crippen LogP) is 2.80. The zero-order valence-electron chi connectivity index (χ0n) is 18.8. The van der Waals surface area contributed by atoms with Gasteiger partial charge in [-0.05, 0) is 48.9 Å². The van der Waals surface area contributed by atoms with Gasteiger partial charge in [-0.2, -0.15) is 0 Å². The molecule has 2 bridgehead atoms. The maximum Gasteiger partial charge on any atom is 0.258 e. The van der Waals surface area contributed by atoms with Gasteiger partial charge in [0, 0.05) is 24.8 Å². The van der Waals surface area contributed by atoms with E-state index in [-0.39, 0.29) is 46.1 Å².